The fraction of sp³-hybridized carbons (Fsp3) is 0.241. The van der Waals surface area contributed by atoms with E-state index < -0.39 is 53.0 Å². The van der Waals surface area contributed by atoms with Crippen molar-refractivity contribution < 1.29 is 28.3 Å². The number of nitrogens with one attached hydrogen (secondary N) is 1. The number of benzodiazepines with no additional fused rings is 1. The van der Waals surface area contributed by atoms with E-state index in [9.17, 15) is 28.3 Å². The van der Waals surface area contributed by atoms with E-state index in [2.05, 4.69) is 10.3 Å². The molecule has 3 aromatic rings. The number of fused-ring (bicyclic) bond motifs is 1. The van der Waals surface area contributed by atoms with Crippen LogP contribution in [0.2, 0.25) is 0 Å². The molecule has 4 N–H and O–H groups in total. The van der Waals surface area contributed by atoms with Crippen LogP contribution in [0.3, 0.4) is 0 Å². The van der Waals surface area contributed by atoms with Gasteiger partial charge in [0.2, 0.25) is 11.4 Å². The Morgan fingerprint density at radius 2 is 1.59 bits per heavy atom. The van der Waals surface area contributed by atoms with Gasteiger partial charge in [-0.2, -0.15) is 0 Å². The lowest BCUT2D eigenvalue weighted by Gasteiger charge is -2.32. The quantitative estimate of drug-likeness (QED) is 0.402. The van der Waals surface area contributed by atoms with Crippen molar-refractivity contribution in [2.24, 2.45) is 16.6 Å². The summed E-state index contributed by atoms with van der Waals surface area (Å²) in [5, 5.41) is 12.9. The molecule has 0 aromatic heterocycles. The third-order valence-electron chi connectivity index (χ3n) is 6.56. The van der Waals surface area contributed by atoms with Crippen molar-refractivity contribution in [2.45, 2.75) is 31.7 Å². The largest absolute Gasteiger partial charge is 0.378 e. The van der Waals surface area contributed by atoms with Gasteiger partial charge in [-0.3, -0.25) is 20.1 Å². The first-order chi connectivity index (χ1) is 18.4. The normalized spacial score (nSPS) is 18.6. The molecule has 0 saturated heterocycles. The fourth-order valence-corrected chi connectivity index (χ4v) is 4.48. The molecule has 0 bridgehead atoms. The molecule has 0 fully saturated rings. The second kappa shape index (κ2) is 10.8. The lowest BCUT2D eigenvalue weighted by Crippen LogP contribution is -2.65. The van der Waals surface area contributed by atoms with E-state index in [1.807, 2.05) is 6.07 Å². The zero-order valence-corrected chi connectivity index (χ0v) is 21.6. The minimum Gasteiger partial charge on any atom is -0.378 e. The van der Waals surface area contributed by atoms with Crippen molar-refractivity contribution in [1.29, 1.82) is 0 Å². The standard InChI is InChI=1S/C29H28F2N4O4/c1-16(2)23(33-27(38)25(36)18-13-19(30)15-20(31)14-18)26(37)29(32)28(39)35(3)22-12-8-7-11-21(22)24(34-29)17-9-5-4-6-10-17/h4-16,23,25,36H,32H2,1-3H3,(H,33,38)/t23-,25?,29?/m0/s1. The first-order valence-electron chi connectivity index (χ1n) is 12.2. The molecule has 1 aliphatic heterocycles. The minimum absolute atomic E-state index is 0.309. The van der Waals surface area contributed by atoms with Gasteiger partial charge in [-0.1, -0.05) is 62.4 Å². The number of Topliss-reactive ketones (excluding diaryl/α,β-unsaturated/α-hetero) is 1. The Labute approximate surface area is 224 Å². The van der Waals surface area contributed by atoms with Gasteiger partial charge < -0.3 is 15.3 Å². The Balaban J connectivity index is 1.76. The molecule has 1 heterocycles. The molecule has 2 amide bonds. The van der Waals surface area contributed by atoms with Crippen molar-refractivity contribution in [1.82, 2.24) is 5.32 Å². The van der Waals surface area contributed by atoms with Crippen LogP contribution in [0.15, 0.2) is 77.8 Å². The van der Waals surface area contributed by atoms with E-state index in [1.165, 1.54) is 11.9 Å². The summed E-state index contributed by atoms with van der Waals surface area (Å²) in [4.78, 5) is 46.4. The number of ketones is 1. The zero-order chi connectivity index (χ0) is 28.5. The van der Waals surface area contributed by atoms with Gasteiger partial charge in [-0.05, 0) is 29.7 Å². The number of hydrogen-bond donors (Lipinski definition) is 3. The molecule has 39 heavy (non-hydrogen) atoms. The Bertz CT molecular complexity index is 1440. The summed E-state index contributed by atoms with van der Waals surface area (Å²) in [5.41, 5.74) is 5.74. The van der Waals surface area contributed by atoms with Crippen LogP contribution in [0.1, 0.15) is 36.6 Å². The number of carbonyl (C=O) groups is 3. The summed E-state index contributed by atoms with van der Waals surface area (Å²) in [6, 6.07) is 16.7. The average molecular weight is 535 g/mol. The number of benzene rings is 3. The number of anilines is 1. The summed E-state index contributed by atoms with van der Waals surface area (Å²) in [6.07, 6.45) is -1.99. The molecule has 0 aliphatic carbocycles. The minimum atomic E-state index is -2.45. The second-order valence-corrected chi connectivity index (χ2v) is 9.67. The van der Waals surface area contributed by atoms with Crippen molar-refractivity contribution in [2.75, 3.05) is 11.9 Å². The number of halogens is 2. The molecule has 2 unspecified atom stereocenters. The van der Waals surface area contributed by atoms with Gasteiger partial charge >= 0.3 is 0 Å². The lowest BCUT2D eigenvalue weighted by atomic mass is 9.90. The predicted octanol–water partition coefficient (Wildman–Crippen LogP) is 2.88. The van der Waals surface area contributed by atoms with Crippen LogP contribution in [0.4, 0.5) is 14.5 Å². The zero-order valence-electron chi connectivity index (χ0n) is 21.6. The van der Waals surface area contributed by atoms with E-state index in [0.717, 1.165) is 12.1 Å². The van der Waals surface area contributed by atoms with Crippen LogP contribution < -0.4 is 16.0 Å². The summed E-state index contributed by atoms with van der Waals surface area (Å²) < 4.78 is 27.3. The number of para-hydroxylation sites is 1. The van der Waals surface area contributed by atoms with E-state index in [4.69, 9.17) is 5.73 Å². The van der Waals surface area contributed by atoms with Crippen LogP contribution in [0, 0.1) is 17.6 Å². The lowest BCUT2D eigenvalue weighted by molar-refractivity contribution is -0.140. The van der Waals surface area contributed by atoms with Crippen LogP contribution in [0.5, 0.6) is 0 Å². The SMILES string of the molecule is CC(C)[C@H](NC(=O)C(O)c1cc(F)cc(F)c1)C(=O)C1(N)N=C(c2ccccc2)c2ccccc2N(C)C1=O. The Kier molecular flexibility index (Phi) is 7.71. The highest BCUT2D eigenvalue weighted by Gasteiger charge is 2.50. The number of rotatable bonds is 7. The molecule has 0 spiro atoms. The van der Waals surface area contributed by atoms with E-state index >= 15 is 0 Å². The molecule has 4 rings (SSSR count). The highest BCUT2D eigenvalue weighted by Crippen LogP contribution is 2.31. The van der Waals surface area contributed by atoms with Gasteiger partial charge in [0.15, 0.2) is 6.10 Å². The molecule has 3 atom stereocenters. The first kappa shape index (κ1) is 27.7. The molecule has 0 radical (unpaired) electrons. The number of amides is 2. The summed E-state index contributed by atoms with van der Waals surface area (Å²) in [6.45, 7) is 3.23. The maximum absolute atomic E-state index is 14.0. The maximum Gasteiger partial charge on any atom is 0.277 e. The molecule has 3 aromatic carbocycles. The van der Waals surface area contributed by atoms with Crippen molar-refractivity contribution in [3.05, 3.63) is 101 Å². The second-order valence-electron chi connectivity index (χ2n) is 9.67. The molecule has 8 nitrogen and oxygen atoms in total. The molecular weight excluding hydrogens is 506 g/mol. The number of aliphatic hydroxyl groups excluding tert-OH is 1. The van der Waals surface area contributed by atoms with Crippen LogP contribution in [0.25, 0.3) is 0 Å². The number of hydrogen-bond acceptors (Lipinski definition) is 6. The number of aliphatic imine (C=N–C) groups is 1. The predicted molar refractivity (Wildman–Crippen MR) is 142 cm³/mol. The molecule has 1 aliphatic rings. The van der Waals surface area contributed by atoms with E-state index in [0.29, 0.717) is 28.6 Å². The van der Waals surface area contributed by atoms with Gasteiger partial charge in [0.05, 0.1) is 17.4 Å². The first-order valence-corrected chi connectivity index (χ1v) is 12.2. The van der Waals surface area contributed by atoms with Crippen LogP contribution >= 0.6 is 0 Å². The summed E-state index contributed by atoms with van der Waals surface area (Å²) >= 11 is 0. The monoisotopic (exact) mass is 534 g/mol. The Morgan fingerprint density at radius 3 is 2.21 bits per heavy atom. The van der Waals surface area contributed by atoms with Crippen LogP contribution in [-0.4, -0.2) is 47.2 Å². The van der Waals surface area contributed by atoms with Gasteiger partial charge in [-0.25, -0.2) is 13.8 Å². The third-order valence-corrected chi connectivity index (χ3v) is 6.56. The highest BCUT2D eigenvalue weighted by molar-refractivity contribution is 6.26. The summed E-state index contributed by atoms with van der Waals surface area (Å²) in [7, 11) is 1.48. The molecule has 10 heteroatoms. The maximum atomic E-state index is 14.0. The number of likely N-dealkylation sites (N-methyl/N-ethyl adjacent to an activating group) is 1. The van der Waals surface area contributed by atoms with Crippen LogP contribution in [-0.2, 0) is 14.4 Å². The van der Waals surface area contributed by atoms with Gasteiger partial charge in [0.1, 0.15) is 11.6 Å². The van der Waals surface area contributed by atoms with Gasteiger partial charge in [-0.15, -0.1) is 0 Å². The molecule has 202 valence electrons. The number of nitrogens with zero attached hydrogens (tertiary/aromatic N) is 2. The third kappa shape index (κ3) is 5.34. The van der Waals surface area contributed by atoms with Crippen molar-refractivity contribution in [3.63, 3.8) is 0 Å². The van der Waals surface area contributed by atoms with Crippen molar-refractivity contribution >= 4 is 29.0 Å². The van der Waals surface area contributed by atoms with Crippen molar-refractivity contribution in [3.8, 4) is 0 Å². The molecule has 0 saturated carbocycles. The van der Waals surface area contributed by atoms with Gasteiger partial charge in [0, 0.05) is 24.2 Å². The number of carbonyl (C=O) groups excluding carboxylic acids is 3. The highest BCUT2D eigenvalue weighted by atomic mass is 19.1. The fourth-order valence-electron chi connectivity index (χ4n) is 4.48. The smallest absolute Gasteiger partial charge is 0.277 e. The number of aliphatic hydroxyl groups is 1. The average Bonchev–Trinajstić information content (AvgIpc) is 3.00. The van der Waals surface area contributed by atoms with E-state index in [1.54, 1.807) is 62.4 Å². The Morgan fingerprint density at radius 1 is 1.00 bits per heavy atom. The van der Waals surface area contributed by atoms with Gasteiger partial charge in [0.25, 0.3) is 11.8 Å². The number of nitrogens with two attached hydrogens (primary N) is 1. The molecular formula is C29H28F2N4O4. The van der Waals surface area contributed by atoms with E-state index in [-0.39, 0.29) is 5.56 Å². The summed E-state index contributed by atoms with van der Waals surface area (Å²) in [5.74, 6) is -5.40. The topological polar surface area (TPSA) is 125 Å². The Hall–Kier alpha value is -4.28.